The van der Waals surface area contributed by atoms with Crippen LogP contribution in [0.15, 0.2) is 0 Å². The number of likely N-dealkylation sites (N-methyl/N-ethyl adjacent to an activating group) is 1. The van der Waals surface area contributed by atoms with E-state index in [0.717, 1.165) is 12.8 Å². The lowest BCUT2D eigenvalue weighted by Crippen LogP contribution is -2.47. The van der Waals surface area contributed by atoms with Crippen LogP contribution in [0.3, 0.4) is 0 Å². The number of hydrogen-bond acceptors (Lipinski definition) is 4. The molecule has 17 heavy (non-hydrogen) atoms. The maximum atomic E-state index is 12.3. The van der Waals surface area contributed by atoms with Crippen molar-refractivity contribution in [1.82, 2.24) is 4.90 Å². The molecular formula is C12H26N2O3. The molecule has 0 fully saturated rings. The lowest BCUT2D eigenvalue weighted by molar-refractivity contribution is -0.141. The Morgan fingerprint density at radius 1 is 1.35 bits per heavy atom. The van der Waals surface area contributed by atoms with Crippen molar-refractivity contribution >= 4 is 5.91 Å². The molecule has 0 aliphatic carbocycles. The first-order valence-corrected chi connectivity index (χ1v) is 6.22. The molecule has 0 aromatic rings. The minimum atomic E-state index is -0.439. The summed E-state index contributed by atoms with van der Waals surface area (Å²) in [7, 11) is 1.76. The highest BCUT2D eigenvalue weighted by Crippen LogP contribution is 2.27. The predicted molar refractivity (Wildman–Crippen MR) is 67.6 cm³/mol. The van der Waals surface area contributed by atoms with Crippen molar-refractivity contribution in [2.24, 2.45) is 11.1 Å². The van der Waals surface area contributed by atoms with E-state index in [2.05, 4.69) is 0 Å². The van der Waals surface area contributed by atoms with Crippen molar-refractivity contribution in [2.45, 2.75) is 26.7 Å². The number of carbonyl (C=O) groups excluding carboxylic acids is 1. The highest BCUT2D eigenvalue weighted by molar-refractivity contribution is 5.82. The third kappa shape index (κ3) is 4.61. The Balaban J connectivity index is 4.26. The van der Waals surface area contributed by atoms with Crippen molar-refractivity contribution < 1.29 is 14.6 Å². The van der Waals surface area contributed by atoms with Gasteiger partial charge in [0.15, 0.2) is 0 Å². The SMILES string of the molecule is CCC(CC)(CN)C(=O)N(C)CCOCCO. The Morgan fingerprint density at radius 2 is 1.94 bits per heavy atom. The van der Waals surface area contributed by atoms with Gasteiger partial charge in [-0.05, 0) is 12.8 Å². The Kier molecular flexibility index (Phi) is 8.12. The number of aliphatic hydroxyl groups is 1. The Hall–Kier alpha value is -0.650. The lowest BCUT2D eigenvalue weighted by atomic mass is 9.81. The number of aliphatic hydroxyl groups excluding tert-OH is 1. The zero-order valence-electron chi connectivity index (χ0n) is 11.2. The van der Waals surface area contributed by atoms with Crippen LogP contribution in [0.1, 0.15) is 26.7 Å². The number of nitrogens with two attached hydrogens (primary N) is 1. The molecule has 0 atom stereocenters. The summed E-state index contributed by atoms with van der Waals surface area (Å²) < 4.78 is 5.14. The molecule has 0 bridgehead atoms. The van der Waals surface area contributed by atoms with Crippen LogP contribution >= 0.6 is 0 Å². The summed E-state index contributed by atoms with van der Waals surface area (Å²) in [6, 6.07) is 0. The third-order valence-electron chi connectivity index (χ3n) is 3.35. The molecule has 1 amide bonds. The van der Waals surface area contributed by atoms with Gasteiger partial charge in [0.2, 0.25) is 5.91 Å². The Bertz CT molecular complexity index is 210. The fourth-order valence-electron chi connectivity index (χ4n) is 1.80. The van der Waals surface area contributed by atoms with Crippen LogP contribution in [-0.4, -0.2) is 55.9 Å². The monoisotopic (exact) mass is 246 g/mol. The average Bonchev–Trinajstić information content (AvgIpc) is 2.37. The van der Waals surface area contributed by atoms with Gasteiger partial charge in [0, 0.05) is 20.1 Å². The molecule has 0 aromatic heterocycles. The summed E-state index contributed by atoms with van der Waals surface area (Å²) >= 11 is 0. The molecule has 0 spiro atoms. The Morgan fingerprint density at radius 3 is 2.35 bits per heavy atom. The van der Waals surface area contributed by atoms with Gasteiger partial charge < -0.3 is 20.5 Å². The molecular weight excluding hydrogens is 220 g/mol. The largest absolute Gasteiger partial charge is 0.394 e. The summed E-state index contributed by atoms with van der Waals surface area (Å²) in [6.07, 6.45) is 1.50. The summed E-state index contributed by atoms with van der Waals surface area (Å²) in [5.41, 5.74) is 5.29. The van der Waals surface area contributed by atoms with E-state index in [1.807, 2.05) is 13.8 Å². The molecule has 0 heterocycles. The van der Waals surface area contributed by atoms with E-state index in [4.69, 9.17) is 15.6 Å². The molecule has 0 saturated heterocycles. The highest BCUT2D eigenvalue weighted by atomic mass is 16.5. The number of rotatable bonds is 9. The molecule has 0 aliphatic rings. The first kappa shape index (κ1) is 16.4. The van der Waals surface area contributed by atoms with Crippen molar-refractivity contribution in [3.8, 4) is 0 Å². The maximum Gasteiger partial charge on any atom is 0.229 e. The molecule has 0 saturated carbocycles. The van der Waals surface area contributed by atoms with Crippen LogP contribution in [0.4, 0.5) is 0 Å². The van der Waals surface area contributed by atoms with Crippen molar-refractivity contribution in [1.29, 1.82) is 0 Å². The van der Waals surface area contributed by atoms with Gasteiger partial charge in [-0.1, -0.05) is 13.8 Å². The summed E-state index contributed by atoms with van der Waals surface area (Å²) in [4.78, 5) is 13.9. The van der Waals surface area contributed by atoms with Crippen molar-refractivity contribution in [3.05, 3.63) is 0 Å². The van der Waals surface area contributed by atoms with E-state index in [9.17, 15) is 4.79 Å². The van der Waals surface area contributed by atoms with Gasteiger partial charge in [0.25, 0.3) is 0 Å². The lowest BCUT2D eigenvalue weighted by Gasteiger charge is -2.33. The second kappa shape index (κ2) is 8.44. The average molecular weight is 246 g/mol. The fourth-order valence-corrected chi connectivity index (χ4v) is 1.80. The number of ether oxygens (including phenoxy) is 1. The number of carbonyl (C=O) groups is 1. The third-order valence-corrected chi connectivity index (χ3v) is 3.35. The van der Waals surface area contributed by atoms with Crippen LogP contribution in [0.25, 0.3) is 0 Å². The molecule has 0 aromatic carbocycles. The standard InChI is InChI=1S/C12H26N2O3/c1-4-12(5-2,10-13)11(16)14(3)6-8-17-9-7-15/h15H,4-10,13H2,1-3H3. The van der Waals surface area contributed by atoms with Gasteiger partial charge in [-0.2, -0.15) is 0 Å². The Labute approximate surface area is 104 Å². The van der Waals surface area contributed by atoms with Gasteiger partial charge in [-0.3, -0.25) is 4.79 Å². The smallest absolute Gasteiger partial charge is 0.229 e. The topological polar surface area (TPSA) is 75.8 Å². The first-order chi connectivity index (χ1) is 8.07. The van der Waals surface area contributed by atoms with E-state index >= 15 is 0 Å². The second-order valence-corrected chi connectivity index (χ2v) is 4.25. The minimum absolute atomic E-state index is 0.00825. The molecule has 0 aliphatic heterocycles. The fraction of sp³-hybridized carbons (Fsp3) is 0.917. The van der Waals surface area contributed by atoms with Crippen LogP contribution in [0, 0.1) is 5.41 Å². The maximum absolute atomic E-state index is 12.3. The molecule has 3 N–H and O–H groups in total. The van der Waals surface area contributed by atoms with E-state index < -0.39 is 5.41 Å². The predicted octanol–water partition coefficient (Wildman–Crippen LogP) is 0.219. The molecule has 0 rings (SSSR count). The number of nitrogens with zero attached hydrogens (tertiary/aromatic N) is 1. The normalized spacial score (nSPS) is 11.6. The zero-order chi connectivity index (χ0) is 13.3. The molecule has 5 nitrogen and oxygen atoms in total. The number of amides is 1. The van der Waals surface area contributed by atoms with E-state index in [1.54, 1.807) is 11.9 Å². The zero-order valence-corrected chi connectivity index (χ0v) is 11.2. The molecule has 0 radical (unpaired) electrons. The van der Waals surface area contributed by atoms with Crippen LogP contribution in [0.5, 0.6) is 0 Å². The van der Waals surface area contributed by atoms with Gasteiger partial charge in [-0.15, -0.1) is 0 Å². The highest BCUT2D eigenvalue weighted by Gasteiger charge is 2.35. The van der Waals surface area contributed by atoms with Crippen LogP contribution in [-0.2, 0) is 9.53 Å². The van der Waals surface area contributed by atoms with Gasteiger partial charge in [-0.25, -0.2) is 0 Å². The van der Waals surface area contributed by atoms with E-state index in [0.29, 0.717) is 26.3 Å². The summed E-state index contributed by atoms with van der Waals surface area (Å²) in [5, 5.41) is 8.56. The first-order valence-electron chi connectivity index (χ1n) is 6.22. The van der Waals surface area contributed by atoms with Gasteiger partial charge in [0.05, 0.1) is 25.2 Å². The van der Waals surface area contributed by atoms with Gasteiger partial charge in [0.1, 0.15) is 0 Å². The van der Waals surface area contributed by atoms with Crippen LogP contribution in [0.2, 0.25) is 0 Å². The second-order valence-electron chi connectivity index (χ2n) is 4.25. The van der Waals surface area contributed by atoms with Crippen LogP contribution < -0.4 is 5.73 Å². The van der Waals surface area contributed by atoms with Crippen molar-refractivity contribution in [3.63, 3.8) is 0 Å². The molecule has 102 valence electrons. The van der Waals surface area contributed by atoms with Gasteiger partial charge >= 0.3 is 0 Å². The molecule has 0 unspecified atom stereocenters. The number of hydrogen-bond donors (Lipinski definition) is 2. The quantitative estimate of drug-likeness (QED) is 0.571. The van der Waals surface area contributed by atoms with E-state index in [1.165, 1.54) is 0 Å². The molecule has 5 heteroatoms. The summed E-state index contributed by atoms with van der Waals surface area (Å²) in [5.74, 6) is 0.0811. The summed E-state index contributed by atoms with van der Waals surface area (Å²) in [6.45, 7) is 5.65. The van der Waals surface area contributed by atoms with Crippen molar-refractivity contribution in [2.75, 3.05) is 40.0 Å². The van der Waals surface area contributed by atoms with E-state index in [-0.39, 0.29) is 12.5 Å². The minimum Gasteiger partial charge on any atom is -0.394 e.